The van der Waals surface area contributed by atoms with E-state index in [1.807, 2.05) is 12.1 Å². The summed E-state index contributed by atoms with van der Waals surface area (Å²) in [5.41, 5.74) is 2.85. The zero-order chi connectivity index (χ0) is 28.9. The lowest BCUT2D eigenvalue weighted by molar-refractivity contribution is -0.192. The molecule has 0 bridgehead atoms. The Morgan fingerprint density at radius 3 is 2.45 bits per heavy atom. The number of urea groups is 1. The van der Waals surface area contributed by atoms with Gasteiger partial charge in [0.2, 0.25) is 0 Å². The van der Waals surface area contributed by atoms with Crippen molar-refractivity contribution in [3.05, 3.63) is 95.4 Å². The average Bonchev–Trinajstić information content (AvgIpc) is 3.55. The van der Waals surface area contributed by atoms with Crippen LogP contribution in [0.3, 0.4) is 0 Å². The van der Waals surface area contributed by atoms with Crippen molar-refractivity contribution in [3.63, 3.8) is 0 Å². The third-order valence-corrected chi connectivity index (χ3v) is 5.28. The van der Waals surface area contributed by atoms with Crippen LogP contribution >= 0.6 is 0 Å². The SMILES string of the molecule is O=C(Nc1cccc(C#Cc2cnc3cccnn23)c1)N1N=CC[C@@H]1c1cc(F)cc(F)c1.O=C(O)C(F)(F)F. The van der Waals surface area contributed by atoms with Crippen molar-refractivity contribution >= 4 is 29.5 Å². The minimum atomic E-state index is -5.08. The number of imidazole rings is 1. The fourth-order valence-electron chi connectivity index (χ4n) is 3.56. The summed E-state index contributed by atoms with van der Waals surface area (Å²) in [6.45, 7) is 0. The Hall–Kier alpha value is -5.32. The van der Waals surface area contributed by atoms with E-state index in [4.69, 9.17) is 9.90 Å². The number of hydrogen-bond donors (Lipinski definition) is 2. The molecule has 1 atom stereocenters. The summed E-state index contributed by atoms with van der Waals surface area (Å²) in [5.74, 6) is 1.90. The number of halogens is 5. The molecule has 0 aliphatic carbocycles. The number of anilines is 1. The van der Waals surface area contributed by atoms with Crippen molar-refractivity contribution in [3.8, 4) is 11.8 Å². The summed E-state index contributed by atoms with van der Waals surface area (Å²) in [4.78, 5) is 26.0. The van der Waals surface area contributed by atoms with E-state index in [1.165, 1.54) is 17.1 Å². The molecule has 4 aromatic rings. The fraction of sp³-hybridized carbons (Fsp3) is 0.115. The number of carboxylic acid groups (broad SMARTS) is 1. The summed E-state index contributed by atoms with van der Waals surface area (Å²) in [6, 6.07) is 12.7. The summed E-state index contributed by atoms with van der Waals surface area (Å²) in [6.07, 6.45) is 0.109. The van der Waals surface area contributed by atoms with E-state index in [2.05, 4.69) is 32.3 Å². The molecule has 204 valence electrons. The molecular formula is C26H17F5N6O3. The van der Waals surface area contributed by atoms with Crippen molar-refractivity contribution in [2.24, 2.45) is 5.10 Å². The molecule has 3 heterocycles. The second kappa shape index (κ2) is 11.6. The van der Waals surface area contributed by atoms with Crippen molar-refractivity contribution in [1.29, 1.82) is 0 Å². The molecule has 1 aliphatic heterocycles. The Labute approximate surface area is 222 Å². The van der Waals surface area contributed by atoms with Crippen LogP contribution in [0.15, 0.2) is 72.1 Å². The molecule has 14 heteroatoms. The largest absolute Gasteiger partial charge is 0.490 e. The van der Waals surface area contributed by atoms with Crippen LogP contribution in [0.5, 0.6) is 0 Å². The lowest BCUT2D eigenvalue weighted by Crippen LogP contribution is -2.31. The van der Waals surface area contributed by atoms with Gasteiger partial charge in [-0.2, -0.15) is 23.4 Å². The van der Waals surface area contributed by atoms with Gasteiger partial charge in [-0.1, -0.05) is 12.0 Å². The molecule has 40 heavy (non-hydrogen) atoms. The summed E-state index contributed by atoms with van der Waals surface area (Å²) in [7, 11) is 0. The molecule has 0 saturated heterocycles. The molecule has 0 spiro atoms. The number of hydrazone groups is 1. The molecule has 5 rings (SSSR count). The predicted octanol–water partition coefficient (Wildman–Crippen LogP) is 5.01. The van der Waals surface area contributed by atoms with Gasteiger partial charge in [-0.3, -0.25) is 0 Å². The van der Waals surface area contributed by atoms with Crippen LogP contribution in [0, 0.1) is 23.5 Å². The maximum Gasteiger partial charge on any atom is 0.490 e. The minimum absolute atomic E-state index is 0.335. The van der Waals surface area contributed by atoms with Crippen molar-refractivity contribution in [2.75, 3.05) is 5.32 Å². The maximum atomic E-state index is 13.6. The minimum Gasteiger partial charge on any atom is -0.475 e. The van der Waals surface area contributed by atoms with Crippen LogP contribution < -0.4 is 5.32 Å². The first kappa shape index (κ1) is 27.7. The Kier molecular flexibility index (Phi) is 8.04. The second-order valence-electron chi connectivity index (χ2n) is 8.10. The van der Waals surface area contributed by atoms with Crippen LogP contribution in [0.4, 0.5) is 32.4 Å². The molecule has 0 saturated carbocycles. The molecular weight excluding hydrogens is 539 g/mol. The topological polar surface area (TPSA) is 112 Å². The van der Waals surface area contributed by atoms with Gasteiger partial charge in [-0.25, -0.2) is 32.9 Å². The Morgan fingerprint density at radius 1 is 1.02 bits per heavy atom. The van der Waals surface area contributed by atoms with E-state index < -0.39 is 35.9 Å². The van der Waals surface area contributed by atoms with Crippen molar-refractivity contribution in [1.82, 2.24) is 19.6 Å². The van der Waals surface area contributed by atoms with E-state index in [1.54, 1.807) is 47.4 Å². The number of rotatable bonds is 2. The highest BCUT2D eigenvalue weighted by Crippen LogP contribution is 2.30. The second-order valence-corrected chi connectivity index (χ2v) is 8.10. The van der Waals surface area contributed by atoms with Gasteiger partial charge in [-0.15, -0.1) is 0 Å². The molecule has 2 aromatic carbocycles. The van der Waals surface area contributed by atoms with E-state index in [0.29, 0.717) is 34.6 Å². The molecule has 0 unspecified atom stereocenters. The third kappa shape index (κ3) is 6.76. The lowest BCUT2D eigenvalue weighted by atomic mass is 10.0. The number of benzene rings is 2. The van der Waals surface area contributed by atoms with Gasteiger partial charge in [0, 0.05) is 36.1 Å². The third-order valence-electron chi connectivity index (χ3n) is 5.28. The summed E-state index contributed by atoms with van der Waals surface area (Å²) >= 11 is 0. The Morgan fingerprint density at radius 2 is 1.75 bits per heavy atom. The van der Waals surface area contributed by atoms with Gasteiger partial charge in [-0.05, 0) is 53.9 Å². The highest BCUT2D eigenvalue weighted by Gasteiger charge is 2.38. The fourth-order valence-corrected chi connectivity index (χ4v) is 3.56. The molecule has 2 aromatic heterocycles. The molecule has 0 radical (unpaired) electrons. The first-order valence-electron chi connectivity index (χ1n) is 11.3. The van der Waals surface area contributed by atoms with Crippen LogP contribution in [0.2, 0.25) is 0 Å². The number of aromatic nitrogens is 3. The van der Waals surface area contributed by atoms with Crippen molar-refractivity contribution < 1.29 is 36.6 Å². The molecule has 2 amide bonds. The zero-order valence-electron chi connectivity index (χ0n) is 20.1. The highest BCUT2D eigenvalue weighted by molar-refractivity contribution is 5.91. The van der Waals surface area contributed by atoms with Crippen molar-refractivity contribution in [2.45, 2.75) is 18.6 Å². The first-order valence-corrected chi connectivity index (χ1v) is 11.3. The van der Waals surface area contributed by atoms with Crippen LogP contribution in [-0.2, 0) is 4.79 Å². The molecule has 2 N–H and O–H groups in total. The number of amides is 2. The quantitative estimate of drug-likeness (QED) is 0.267. The smallest absolute Gasteiger partial charge is 0.475 e. The number of hydrogen-bond acceptors (Lipinski definition) is 5. The molecule has 0 fully saturated rings. The van der Waals surface area contributed by atoms with Crippen LogP contribution in [0.25, 0.3) is 5.65 Å². The molecule has 9 nitrogen and oxygen atoms in total. The van der Waals surface area contributed by atoms with Gasteiger partial charge < -0.3 is 10.4 Å². The van der Waals surface area contributed by atoms with E-state index in [-0.39, 0.29) is 0 Å². The van der Waals surface area contributed by atoms with Gasteiger partial charge in [0.1, 0.15) is 17.3 Å². The predicted molar refractivity (Wildman–Crippen MR) is 132 cm³/mol. The summed E-state index contributed by atoms with van der Waals surface area (Å²) in [5, 5.41) is 19.4. The number of nitrogens with one attached hydrogen (secondary N) is 1. The number of alkyl halides is 3. The zero-order valence-corrected chi connectivity index (χ0v) is 20.1. The maximum absolute atomic E-state index is 13.6. The number of carbonyl (C=O) groups excluding carboxylic acids is 1. The number of fused-ring (bicyclic) bond motifs is 1. The Balaban J connectivity index is 0.000000470. The lowest BCUT2D eigenvalue weighted by Gasteiger charge is -2.22. The highest BCUT2D eigenvalue weighted by atomic mass is 19.4. The average molecular weight is 556 g/mol. The van der Waals surface area contributed by atoms with Crippen LogP contribution in [-0.4, -0.2) is 49.1 Å². The van der Waals surface area contributed by atoms with E-state index in [9.17, 15) is 26.7 Å². The molecule has 1 aliphatic rings. The monoisotopic (exact) mass is 556 g/mol. The van der Waals surface area contributed by atoms with Gasteiger partial charge in [0.05, 0.1) is 12.2 Å². The standard InChI is InChI=1S/C24H16F2N6O.C2HF3O2/c25-18-12-17(13-19(26)14-18)22-8-10-29-32(22)24(33)30-20-4-1-3-16(11-20)6-7-21-15-27-23-5-2-9-28-31(21)23;3-2(4,5)1(6)7/h1-5,9-15,22H,8H2,(H,30,33);(H,6,7)/t22-;/m1./s1. The van der Waals surface area contributed by atoms with Gasteiger partial charge in [0.25, 0.3) is 0 Å². The van der Waals surface area contributed by atoms with E-state index in [0.717, 1.165) is 6.07 Å². The summed E-state index contributed by atoms with van der Waals surface area (Å²) < 4.78 is 60.7. The Bertz CT molecular complexity index is 1640. The number of carboxylic acids is 1. The van der Waals surface area contributed by atoms with Gasteiger partial charge in [0.15, 0.2) is 5.65 Å². The normalized spacial score (nSPS) is 14.2. The van der Waals surface area contributed by atoms with Crippen LogP contribution in [0.1, 0.15) is 29.3 Å². The number of aliphatic carboxylic acids is 1. The first-order chi connectivity index (χ1) is 19.0. The van der Waals surface area contributed by atoms with Gasteiger partial charge >= 0.3 is 18.2 Å². The number of carbonyl (C=O) groups is 2. The van der Waals surface area contributed by atoms with E-state index >= 15 is 0 Å². The number of nitrogens with zero attached hydrogens (tertiary/aromatic N) is 5.